The molecule has 202 valence electrons. The van der Waals surface area contributed by atoms with Gasteiger partial charge in [0.2, 0.25) is 5.95 Å². The number of halogens is 3. The molecule has 4 aromatic rings. The zero-order valence-electron chi connectivity index (χ0n) is 21.7. The molecule has 0 radical (unpaired) electrons. The van der Waals surface area contributed by atoms with E-state index in [1.165, 1.54) is 41.7 Å². The van der Waals surface area contributed by atoms with Crippen LogP contribution in [0.1, 0.15) is 48.3 Å². The minimum absolute atomic E-state index is 0.0396. The lowest BCUT2D eigenvalue weighted by Gasteiger charge is -2.25. The highest BCUT2D eigenvalue weighted by Gasteiger charge is 2.37. The van der Waals surface area contributed by atoms with E-state index in [1.807, 2.05) is 48.5 Å². The van der Waals surface area contributed by atoms with Crippen LogP contribution in [0.5, 0.6) is 0 Å². The van der Waals surface area contributed by atoms with Crippen molar-refractivity contribution < 1.29 is 13.2 Å². The molecule has 2 aromatic carbocycles. The van der Waals surface area contributed by atoms with Crippen LogP contribution in [0.4, 0.5) is 24.8 Å². The van der Waals surface area contributed by atoms with Crippen LogP contribution >= 0.6 is 0 Å². The largest absolute Gasteiger partial charge is 0.453 e. The Bertz CT molecular complexity index is 1430. The van der Waals surface area contributed by atoms with Crippen LogP contribution in [0.25, 0.3) is 11.3 Å². The molecule has 39 heavy (non-hydrogen) atoms. The van der Waals surface area contributed by atoms with Gasteiger partial charge in [-0.1, -0.05) is 42.5 Å². The van der Waals surface area contributed by atoms with Crippen molar-refractivity contribution in [1.82, 2.24) is 24.6 Å². The predicted molar refractivity (Wildman–Crippen MR) is 145 cm³/mol. The predicted octanol–water partition coefficient (Wildman–Crippen LogP) is 6.49. The van der Waals surface area contributed by atoms with Gasteiger partial charge in [-0.25, -0.2) is 4.68 Å². The average Bonchev–Trinajstić information content (AvgIpc) is 3.56. The molecule has 9 heteroatoms. The van der Waals surface area contributed by atoms with Gasteiger partial charge in [0, 0.05) is 17.3 Å². The van der Waals surface area contributed by atoms with E-state index in [2.05, 4.69) is 37.4 Å². The van der Waals surface area contributed by atoms with Crippen molar-refractivity contribution in [2.24, 2.45) is 0 Å². The summed E-state index contributed by atoms with van der Waals surface area (Å²) in [6, 6.07) is 21.9. The third kappa shape index (κ3) is 5.83. The summed E-state index contributed by atoms with van der Waals surface area (Å²) >= 11 is 0. The summed E-state index contributed by atoms with van der Waals surface area (Å²) in [6.07, 6.45) is 2.15. The number of pyridine rings is 1. The van der Waals surface area contributed by atoms with E-state index in [1.54, 1.807) is 6.07 Å². The first-order valence-electron chi connectivity index (χ1n) is 13.6. The van der Waals surface area contributed by atoms with E-state index in [0.717, 1.165) is 36.9 Å². The van der Waals surface area contributed by atoms with Gasteiger partial charge in [0.25, 0.3) is 5.82 Å². The van der Waals surface area contributed by atoms with Crippen molar-refractivity contribution in [3.63, 3.8) is 0 Å². The fourth-order valence-electron chi connectivity index (χ4n) is 5.73. The number of rotatable bonds is 6. The second-order valence-corrected chi connectivity index (χ2v) is 10.4. The van der Waals surface area contributed by atoms with Crippen LogP contribution in [-0.2, 0) is 25.6 Å². The van der Waals surface area contributed by atoms with E-state index >= 15 is 0 Å². The number of hydrogen-bond donors (Lipinski definition) is 1. The van der Waals surface area contributed by atoms with Crippen molar-refractivity contribution >= 4 is 11.6 Å². The third-order valence-electron chi connectivity index (χ3n) is 7.73. The summed E-state index contributed by atoms with van der Waals surface area (Å²) in [4.78, 5) is 11.1. The first kappa shape index (κ1) is 25.6. The maximum absolute atomic E-state index is 13.6. The third-order valence-corrected chi connectivity index (χ3v) is 7.73. The van der Waals surface area contributed by atoms with E-state index in [4.69, 9.17) is 0 Å². The Hall–Kier alpha value is -3.72. The highest BCUT2D eigenvalue weighted by Crippen LogP contribution is 2.31. The molecule has 1 N–H and O–H groups in total. The molecule has 1 fully saturated rings. The summed E-state index contributed by atoms with van der Waals surface area (Å²) < 4.78 is 42.0. The normalized spacial score (nSPS) is 18.1. The smallest absolute Gasteiger partial charge is 0.324 e. The van der Waals surface area contributed by atoms with Crippen LogP contribution in [-0.4, -0.2) is 43.8 Å². The van der Waals surface area contributed by atoms with Gasteiger partial charge in [-0.3, -0.25) is 4.98 Å². The van der Waals surface area contributed by atoms with Gasteiger partial charge in [-0.05, 0) is 87.0 Å². The number of benzene rings is 2. The molecule has 0 amide bonds. The molecular formula is C30H31F3N6. The average molecular weight is 533 g/mol. The fraction of sp³-hybridized carbons (Fsp3) is 0.367. The Balaban J connectivity index is 1.24. The molecule has 2 aliphatic rings. The maximum Gasteiger partial charge on any atom is 0.453 e. The Labute approximate surface area is 225 Å². The van der Waals surface area contributed by atoms with E-state index in [-0.39, 0.29) is 12.5 Å². The van der Waals surface area contributed by atoms with E-state index in [0.29, 0.717) is 17.4 Å². The Kier molecular flexibility index (Phi) is 7.08. The Morgan fingerprint density at radius 3 is 2.38 bits per heavy atom. The lowest BCUT2D eigenvalue weighted by atomic mass is 10.0. The lowest BCUT2D eigenvalue weighted by Crippen LogP contribution is -2.32. The monoisotopic (exact) mass is 532 g/mol. The molecule has 0 spiro atoms. The Morgan fingerprint density at radius 2 is 1.62 bits per heavy atom. The van der Waals surface area contributed by atoms with Crippen LogP contribution < -0.4 is 5.32 Å². The topological polar surface area (TPSA) is 58.9 Å². The molecule has 0 saturated carbocycles. The minimum atomic E-state index is -4.65. The molecule has 0 bridgehead atoms. The van der Waals surface area contributed by atoms with Gasteiger partial charge in [-0.15, -0.1) is 5.10 Å². The highest BCUT2D eigenvalue weighted by molar-refractivity contribution is 5.59. The van der Waals surface area contributed by atoms with Gasteiger partial charge in [0.15, 0.2) is 0 Å². The van der Waals surface area contributed by atoms with Crippen LogP contribution in [0.3, 0.4) is 0 Å². The van der Waals surface area contributed by atoms with Crippen molar-refractivity contribution in [3.05, 3.63) is 89.4 Å². The summed E-state index contributed by atoms with van der Waals surface area (Å²) in [5.74, 6) is -1.13. The lowest BCUT2D eigenvalue weighted by molar-refractivity contribution is -0.144. The van der Waals surface area contributed by atoms with Crippen LogP contribution in [0.2, 0.25) is 0 Å². The minimum Gasteiger partial charge on any atom is -0.324 e. The number of nitrogens with one attached hydrogen (secondary N) is 1. The number of anilines is 2. The van der Waals surface area contributed by atoms with Crippen molar-refractivity contribution in [2.75, 3.05) is 18.4 Å². The zero-order valence-corrected chi connectivity index (χ0v) is 21.7. The SMILES string of the molecule is FC(F)(F)c1nc(Nc2ccc3c(c2)CCC(N2CCCC2)CC3)n(Cc2cccc(-c3ccccc3)n2)n1. The van der Waals surface area contributed by atoms with Gasteiger partial charge in [0.1, 0.15) is 0 Å². The molecule has 6 nitrogen and oxygen atoms in total. The van der Waals surface area contributed by atoms with Crippen LogP contribution in [0, 0.1) is 0 Å². The number of nitrogens with zero attached hydrogens (tertiary/aromatic N) is 5. The van der Waals surface area contributed by atoms with Gasteiger partial charge < -0.3 is 10.2 Å². The number of hydrogen-bond acceptors (Lipinski definition) is 5. The molecule has 1 saturated heterocycles. The van der Waals surface area contributed by atoms with Gasteiger partial charge in [0.05, 0.1) is 17.9 Å². The first-order valence-corrected chi connectivity index (χ1v) is 13.6. The van der Waals surface area contributed by atoms with Crippen LogP contribution in [0.15, 0.2) is 66.7 Å². The number of alkyl halides is 3. The second kappa shape index (κ2) is 10.8. The molecule has 3 heterocycles. The highest BCUT2D eigenvalue weighted by atomic mass is 19.4. The molecule has 1 aliphatic carbocycles. The Morgan fingerprint density at radius 1 is 0.846 bits per heavy atom. The first-order chi connectivity index (χ1) is 18.9. The molecular weight excluding hydrogens is 501 g/mol. The quantitative estimate of drug-likeness (QED) is 0.288. The number of fused-ring (bicyclic) bond motifs is 1. The van der Waals surface area contributed by atoms with Crippen molar-refractivity contribution in [2.45, 2.75) is 57.3 Å². The summed E-state index contributed by atoms with van der Waals surface area (Å²) in [5, 5.41) is 6.92. The zero-order chi connectivity index (χ0) is 26.8. The fourth-order valence-corrected chi connectivity index (χ4v) is 5.73. The van der Waals surface area contributed by atoms with E-state index < -0.39 is 12.0 Å². The summed E-state index contributed by atoms with van der Waals surface area (Å²) in [7, 11) is 0. The van der Waals surface area contributed by atoms with Crippen molar-refractivity contribution in [3.8, 4) is 11.3 Å². The summed E-state index contributed by atoms with van der Waals surface area (Å²) in [5.41, 5.74) is 5.55. The maximum atomic E-state index is 13.6. The number of likely N-dealkylation sites (tertiary alicyclic amines) is 1. The molecule has 2 aromatic heterocycles. The molecule has 1 unspecified atom stereocenters. The number of aromatic nitrogens is 4. The standard InChI is InChI=1S/C30H31F3N6/c31-30(32,33)28-36-29(39(37-28)20-25-9-6-10-27(34-25)22-7-2-1-3-8-22)35-24-14-11-21-12-15-26(16-13-23(21)19-24)38-17-4-5-18-38/h1-3,6-11,14,19,26H,4-5,12-13,15-18,20H2,(H,35,36,37). The second-order valence-electron chi connectivity index (χ2n) is 10.4. The van der Waals surface area contributed by atoms with Gasteiger partial charge in [-0.2, -0.15) is 18.2 Å². The summed E-state index contributed by atoms with van der Waals surface area (Å²) in [6.45, 7) is 2.43. The van der Waals surface area contributed by atoms with E-state index in [9.17, 15) is 13.2 Å². The molecule has 1 atom stereocenters. The molecule has 1 aliphatic heterocycles. The van der Waals surface area contributed by atoms with Crippen molar-refractivity contribution in [1.29, 1.82) is 0 Å². The number of aryl methyl sites for hydroxylation is 2. The molecule has 6 rings (SSSR count). The van der Waals surface area contributed by atoms with Gasteiger partial charge >= 0.3 is 6.18 Å².